The highest BCUT2D eigenvalue weighted by Gasteiger charge is 2.34. The maximum Gasteiger partial charge on any atom is 0.418 e. The van der Waals surface area contributed by atoms with Gasteiger partial charge >= 0.3 is 12.1 Å². The van der Waals surface area contributed by atoms with Gasteiger partial charge in [-0.25, -0.2) is 4.79 Å². The third kappa shape index (κ3) is 3.12. The second-order valence-electron chi connectivity index (χ2n) is 3.40. The van der Waals surface area contributed by atoms with Gasteiger partial charge in [0.05, 0.1) is 23.4 Å². The summed E-state index contributed by atoms with van der Waals surface area (Å²) >= 11 is 0. The molecule has 0 saturated heterocycles. The topological polar surface area (TPSA) is 52.3 Å². The first kappa shape index (κ1) is 13.3. The average molecular weight is 247 g/mol. The molecule has 0 saturated carbocycles. The molecule has 1 rings (SSSR count). The molecule has 0 atom stereocenters. The van der Waals surface area contributed by atoms with Crippen LogP contribution in [0, 0.1) is 0 Å². The number of rotatable bonds is 3. The van der Waals surface area contributed by atoms with Gasteiger partial charge in [-0.05, 0) is 18.6 Å². The van der Waals surface area contributed by atoms with Gasteiger partial charge in [-0.15, -0.1) is 0 Å². The number of hydrogen-bond acceptors (Lipinski definition) is 3. The van der Waals surface area contributed by atoms with E-state index in [0.29, 0.717) is 6.42 Å². The molecule has 0 bridgehead atoms. The van der Waals surface area contributed by atoms with Crippen LogP contribution in [0.25, 0.3) is 0 Å². The van der Waals surface area contributed by atoms with E-state index in [2.05, 4.69) is 0 Å². The normalized spacial score (nSPS) is 11.3. The van der Waals surface area contributed by atoms with Crippen molar-refractivity contribution >= 4 is 11.7 Å². The highest BCUT2D eigenvalue weighted by Crippen LogP contribution is 2.35. The molecule has 0 aliphatic carbocycles. The van der Waals surface area contributed by atoms with Crippen molar-refractivity contribution in [2.75, 3.05) is 12.3 Å². The number of alkyl halides is 3. The lowest BCUT2D eigenvalue weighted by molar-refractivity contribution is -0.136. The van der Waals surface area contributed by atoms with Gasteiger partial charge in [0, 0.05) is 0 Å². The minimum atomic E-state index is -4.58. The Labute approximate surface area is 96.4 Å². The standard InChI is InChI=1S/C11H12F3NO2/c1-2-6-17-10(16)7-4-3-5-8(9(7)15)11(12,13)14/h3-5H,2,6,15H2,1H3. The summed E-state index contributed by atoms with van der Waals surface area (Å²) in [6.45, 7) is 1.93. The summed E-state index contributed by atoms with van der Waals surface area (Å²) < 4.78 is 42.3. The van der Waals surface area contributed by atoms with Crippen LogP contribution in [0.5, 0.6) is 0 Å². The average Bonchev–Trinajstić information content (AvgIpc) is 2.24. The van der Waals surface area contributed by atoms with Crippen molar-refractivity contribution in [1.82, 2.24) is 0 Å². The Morgan fingerprint density at radius 1 is 1.41 bits per heavy atom. The summed E-state index contributed by atoms with van der Waals surface area (Å²) in [7, 11) is 0. The molecule has 0 amide bonds. The van der Waals surface area contributed by atoms with E-state index < -0.39 is 23.4 Å². The molecule has 0 aromatic heterocycles. The van der Waals surface area contributed by atoms with E-state index in [9.17, 15) is 18.0 Å². The van der Waals surface area contributed by atoms with Crippen molar-refractivity contribution in [3.8, 4) is 0 Å². The van der Waals surface area contributed by atoms with Crippen LogP contribution in [0.3, 0.4) is 0 Å². The molecule has 0 heterocycles. The van der Waals surface area contributed by atoms with Gasteiger partial charge in [-0.1, -0.05) is 13.0 Å². The summed E-state index contributed by atoms with van der Waals surface area (Å²) in [6.07, 6.45) is -3.99. The number of hydrogen-bond donors (Lipinski definition) is 1. The lowest BCUT2D eigenvalue weighted by Crippen LogP contribution is -2.14. The van der Waals surface area contributed by atoms with Gasteiger partial charge < -0.3 is 10.5 Å². The summed E-state index contributed by atoms with van der Waals surface area (Å²) in [5.41, 5.74) is 3.44. The summed E-state index contributed by atoms with van der Waals surface area (Å²) in [5, 5.41) is 0. The Morgan fingerprint density at radius 3 is 2.59 bits per heavy atom. The molecule has 3 nitrogen and oxygen atoms in total. The first-order valence-electron chi connectivity index (χ1n) is 5.00. The zero-order valence-corrected chi connectivity index (χ0v) is 9.17. The van der Waals surface area contributed by atoms with Crippen molar-refractivity contribution in [2.45, 2.75) is 19.5 Å². The second-order valence-corrected chi connectivity index (χ2v) is 3.40. The van der Waals surface area contributed by atoms with Crippen LogP contribution in [0.15, 0.2) is 18.2 Å². The van der Waals surface area contributed by atoms with Crippen LogP contribution >= 0.6 is 0 Å². The van der Waals surface area contributed by atoms with Crippen molar-refractivity contribution in [2.24, 2.45) is 0 Å². The van der Waals surface area contributed by atoms with E-state index in [1.54, 1.807) is 6.92 Å². The van der Waals surface area contributed by atoms with E-state index in [0.717, 1.165) is 12.1 Å². The van der Waals surface area contributed by atoms with E-state index in [1.807, 2.05) is 0 Å². The molecule has 0 aliphatic rings. The van der Waals surface area contributed by atoms with Crippen LogP contribution in [-0.4, -0.2) is 12.6 Å². The number of carbonyl (C=O) groups is 1. The van der Waals surface area contributed by atoms with Crippen LogP contribution in [0.4, 0.5) is 18.9 Å². The highest BCUT2D eigenvalue weighted by molar-refractivity contribution is 5.95. The quantitative estimate of drug-likeness (QED) is 0.660. The number of anilines is 1. The Bertz CT molecular complexity index is 416. The molecule has 0 fully saturated rings. The van der Waals surface area contributed by atoms with Gasteiger partial charge in [0.15, 0.2) is 0 Å². The van der Waals surface area contributed by atoms with E-state index in [-0.39, 0.29) is 12.2 Å². The summed E-state index contributed by atoms with van der Waals surface area (Å²) in [5.74, 6) is -0.838. The molecule has 17 heavy (non-hydrogen) atoms. The number of carbonyl (C=O) groups excluding carboxylic acids is 1. The maximum atomic E-state index is 12.5. The van der Waals surface area contributed by atoms with Crippen molar-refractivity contribution < 1.29 is 22.7 Å². The molecule has 0 radical (unpaired) electrons. The minimum absolute atomic E-state index is 0.147. The van der Waals surface area contributed by atoms with E-state index >= 15 is 0 Å². The maximum absolute atomic E-state index is 12.5. The summed E-state index contributed by atoms with van der Waals surface area (Å²) in [4.78, 5) is 11.4. The van der Waals surface area contributed by atoms with Crippen LogP contribution in [-0.2, 0) is 10.9 Å². The number of para-hydroxylation sites is 1. The predicted octanol–water partition coefficient (Wildman–Crippen LogP) is 2.85. The second kappa shape index (κ2) is 5.07. The Hall–Kier alpha value is -1.72. The van der Waals surface area contributed by atoms with E-state index in [4.69, 9.17) is 10.5 Å². The van der Waals surface area contributed by atoms with Gasteiger partial charge in [-0.3, -0.25) is 0 Å². The Kier molecular flexibility index (Phi) is 3.98. The Morgan fingerprint density at radius 2 is 2.06 bits per heavy atom. The number of nitrogens with two attached hydrogens (primary N) is 1. The molecular weight excluding hydrogens is 235 g/mol. The first-order valence-corrected chi connectivity index (χ1v) is 5.00. The largest absolute Gasteiger partial charge is 0.462 e. The molecule has 0 spiro atoms. The number of esters is 1. The lowest BCUT2D eigenvalue weighted by atomic mass is 10.1. The molecule has 0 unspecified atom stereocenters. The number of ether oxygens (including phenoxy) is 1. The zero-order valence-electron chi connectivity index (χ0n) is 9.17. The highest BCUT2D eigenvalue weighted by atomic mass is 19.4. The summed E-state index contributed by atoms with van der Waals surface area (Å²) in [6, 6.07) is 3.16. The fourth-order valence-corrected chi connectivity index (χ4v) is 1.26. The van der Waals surface area contributed by atoms with Crippen molar-refractivity contribution in [1.29, 1.82) is 0 Å². The van der Waals surface area contributed by atoms with Crippen LogP contribution < -0.4 is 5.73 Å². The third-order valence-corrected chi connectivity index (χ3v) is 2.07. The number of benzene rings is 1. The SMILES string of the molecule is CCCOC(=O)c1cccc(C(F)(F)F)c1N. The Balaban J connectivity index is 3.06. The predicted molar refractivity (Wildman–Crippen MR) is 56.4 cm³/mol. The number of nitrogen functional groups attached to an aromatic ring is 1. The monoisotopic (exact) mass is 247 g/mol. The molecule has 94 valence electrons. The van der Waals surface area contributed by atoms with Crippen LogP contribution in [0.2, 0.25) is 0 Å². The fourth-order valence-electron chi connectivity index (χ4n) is 1.26. The smallest absolute Gasteiger partial charge is 0.418 e. The van der Waals surface area contributed by atoms with Crippen LogP contribution in [0.1, 0.15) is 29.3 Å². The molecule has 6 heteroatoms. The molecular formula is C11H12F3NO2. The third-order valence-electron chi connectivity index (χ3n) is 2.07. The van der Waals surface area contributed by atoms with Gasteiger partial charge in [-0.2, -0.15) is 13.2 Å². The first-order chi connectivity index (χ1) is 7.88. The molecule has 0 aliphatic heterocycles. The van der Waals surface area contributed by atoms with E-state index in [1.165, 1.54) is 6.07 Å². The van der Waals surface area contributed by atoms with Gasteiger partial charge in [0.2, 0.25) is 0 Å². The van der Waals surface area contributed by atoms with Crippen molar-refractivity contribution in [3.63, 3.8) is 0 Å². The van der Waals surface area contributed by atoms with Gasteiger partial charge in [0.1, 0.15) is 0 Å². The number of halogens is 3. The molecule has 2 N–H and O–H groups in total. The molecule has 1 aromatic rings. The zero-order chi connectivity index (χ0) is 13.1. The molecule has 1 aromatic carbocycles. The van der Waals surface area contributed by atoms with Gasteiger partial charge in [0.25, 0.3) is 0 Å². The van der Waals surface area contributed by atoms with Crippen molar-refractivity contribution in [3.05, 3.63) is 29.3 Å². The fraction of sp³-hybridized carbons (Fsp3) is 0.364. The minimum Gasteiger partial charge on any atom is -0.462 e. The lowest BCUT2D eigenvalue weighted by Gasteiger charge is -2.12.